The fraction of sp³-hybridized carbons (Fsp3) is 0.214. The molecule has 0 spiro atoms. The molecule has 2 amide bonds. The SMILES string of the molecule is CCOC(=O)C1=NNC23C(=O)N(c4cc(Cl)cc(Cl)c4)C(=O)C12C1c2ccccc2C3c2ccccc21. The molecule has 1 saturated heterocycles. The molecule has 2 atom stereocenters. The molecule has 5 aliphatic rings. The Labute approximate surface area is 222 Å². The zero-order chi connectivity index (χ0) is 25.7. The molecule has 2 unspecified atom stereocenters. The second-order valence-electron chi connectivity index (χ2n) is 9.61. The number of imide groups is 1. The van der Waals surface area contributed by atoms with Crippen LogP contribution in [-0.2, 0) is 19.1 Å². The molecule has 1 N–H and O–H groups in total. The van der Waals surface area contributed by atoms with Crippen molar-refractivity contribution in [3.63, 3.8) is 0 Å². The first-order valence-electron chi connectivity index (χ1n) is 11.9. The van der Waals surface area contributed by atoms with Crippen LogP contribution < -0.4 is 10.3 Å². The van der Waals surface area contributed by atoms with Gasteiger partial charge in [-0.25, -0.2) is 9.69 Å². The van der Waals surface area contributed by atoms with Crippen molar-refractivity contribution in [1.82, 2.24) is 5.43 Å². The number of rotatable bonds is 3. The molecule has 2 aliphatic heterocycles. The predicted molar refractivity (Wildman–Crippen MR) is 138 cm³/mol. The van der Waals surface area contributed by atoms with Crippen LogP contribution in [0.3, 0.4) is 0 Å². The molecule has 3 aromatic rings. The number of hydrogen-bond acceptors (Lipinski definition) is 6. The van der Waals surface area contributed by atoms with E-state index >= 15 is 0 Å². The first-order valence-corrected chi connectivity index (χ1v) is 12.7. The largest absolute Gasteiger partial charge is 0.461 e. The molecule has 8 rings (SSSR count). The summed E-state index contributed by atoms with van der Waals surface area (Å²) < 4.78 is 5.39. The summed E-state index contributed by atoms with van der Waals surface area (Å²) in [5, 5.41) is 4.96. The highest BCUT2D eigenvalue weighted by Crippen LogP contribution is 2.71. The van der Waals surface area contributed by atoms with Crippen LogP contribution >= 0.6 is 23.2 Å². The number of benzene rings is 3. The number of esters is 1. The summed E-state index contributed by atoms with van der Waals surface area (Å²) in [6, 6.07) is 20.1. The van der Waals surface area contributed by atoms with E-state index < -0.39 is 40.6 Å². The first-order chi connectivity index (χ1) is 17.9. The van der Waals surface area contributed by atoms with Gasteiger partial charge in [0.05, 0.1) is 12.3 Å². The van der Waals surface area contributed by atoms with Gasteiger partial charge in [-0.05, 0) is 47.4 Å². The van der Waals surface area contributed by atoms with E-state index in [-0.39, 0.29) is 28.1 Å². The van der Waals surface area contributed by atoms with Crippen molar-refractivity contribution in [3.05, 3.63) is 99.0 Å². The summed E-state index contributed by atoms with van der Waals surface area (Å²) in [6.07, 6.45) is 0. The van der Waals surface area contributed by atoms with Gasteiger partial charge in [-0.3, -0.25) is 15.0 Å². The molecule has 0 aromatic heterocycles. The molecule has 184 valence electrons. The van der Waals surface area contributed by atoms with Crippen LogP contribution in [0.25, 0.3) is 0 Å². The Bertz CT molecular complexity index is 1540. The Hall–Kier alpha value is -3.68. The molecule has 0 radical (unpaired) electrons. The number of hydrogen-bond donors (Lipinski definition) is 1. The first kappa shape index (κ1) is 22.5. The number of anilines is 1. The summed E-state index contributed by atoms with van der Waals surface area (Å²) in [4.78, 5) is 44.0. The average Bonchev–Trinajstić information content (AvgIpc) is 3.35. The van der Waals surface area contributed by atoms with Crippen LogP contribution in [0.15, 0.2) is 71.8 Å². The molecule has 9 heteroatoms. The maximum absolute atomic E-state index is 14.8. The normalized spacial score (nSPS) is 28.2. The zero-order valence-corrected chi connectivity index (χ0v) is 21.0. The standard InChI is InChI=1S/C28H19Cl2N3O4/c1-2-37-24(34)23-27-21-17-7-3-5-9-19(17)22(20-10-6-4-8-18(20)21)28(27,32-31-23)26(36)33(25(27)35)16-12-14(29)11-15(30)13-16/h3-13,21-22,32H,2H2,1H3. The van der Waals surface area contributed by atoms with Crippen LogP contribution in [0, 0.1) is 5.41 Å². The molecule has 3 aliphatic carbocycles. The molecule has 1 fully saturated rings. The molecule has 2 bridgehead atoms. The van der Waals surface area contributed by atoms with Gasteiger partial charge in [0.25, 0.3) is 11.8 Å². The Morgan fingerprint density at radius 1 is 0.919 bits per heavy atom. The highest BCUT2D eigenvalue weighted by atomic mass is 35.5. The highest BCUT2D eigenvalue weighted by Gasteiger charge is 2.85. The summed E-state index contributed by atoms with van der Waals surface area (Å²) in [7, 11) is 0. The summed E-state index contributed by atoms with van der Waals surface area (Å²) in [5.74, 6) is -3.05. The van der Waals surface area contributed by atoms with Crippen molar-refractivity contribution in [2.45, 2.75) is 24.3 Å². The number of nitrogens with one attached hydrogen (secondary N) is 1. The van der Waals surface area contributed by atoms with Gasteiger partial charge in [-0.2, -0.15) is 5.10 Å². The van der Waals surface area contributed by atoms with E-state index in [1.54, 1.807) is 6.92 Å². The van der Waals surface area contributed by atoms with Crippen molar-refractivity contribution < 1.29 is 19.1 Å². The maximum Gasteiger partial charge on any atom is 0.355 e. The summed E-state index contributed by atoms with van der Waals surface area (Å²) in [5.41, 5.74) is 3.55. The molecule has 3 aromatic carbocycles. The Kier molecular flexibility index (Phi) is 4.52. The number of ether oxygens (including phenoxy) is 1. The smallest absolute Gasteiger partial charge is 0.355 e. The van der Waals surface area contributed by atoms with Gasteiger partial charge in [0.15, 0.2) is 11.3 Å². The third-order valence-electron chi connectivity index (χ3n) is 8.10. The lowest BCUT2D eigenvalue weighted by molar-refractivity contribution is -0.137. The molecule has 7 nitrogen and oxygen atoms in total. The zero-order valence-electron chi connectivity index (χ0n) is 19.5. The second kappa shape index (κ2) is 7.43. The minimum atomic E-state index is -1.67. The minimum Gasteiger partial charge on any atom is -0.461 e. The van der Waals surface area contributed by atoms with Crippen LogP contribution in [-0.4, -0.2) is 35.6 Å². The summed E-state index contributed by atoms with van der Waals surface area (Å²) >= 11 is 12.6. The Balaban J connectivity index is 1.59. The van der Waals surface area contributed by atoms with E-state index in [2.05, 4.69) is 10.5 Å². The lowest BCUT2D eigenvalue weighted by atomic mass is 9.43. The van der Waals surface area contributed by atoms with Crippen LogP contribution in [0.2, 0.25) is 10.0 Å². The second-order valence-corrected chi connectivity index (χ2v) is 10.5. The lowest BCUT2D eigenvalue weighted by Crippen LogP contribution is -2.69. The van der Waals surface area contributed by atoms with Gasteiger partial charge in [-0.15, -0.1) is 0 Å². The molecule has 37 heavy (non-hydrogen) atoms. The highest BCUT2D eigenvalue weighted by molar-refractivity contribution is 6.51. The number of halogens is 2. The van der Waals surface area contributed by atoms with Gasteiger partial charge in [0.1, 0.15) is 5.41 Å². The lowest BCUT2D eigenvalue weighted by Gasteiger charge is -2.55. The quantitative estimate of drug-likeness (QED) is 0.399. The van der Waals surface area contributed by atoms with E-state index in [1.807, 2.05) is 48.5 Å². The number of nitrogens with zero attached hydrogens (tertiary/aromatic N) is 2. The summed E-state index contributed by atoms with van der Waals surface area (Å²) in [6.45, 7) is 1.78. The van der Waals surface area contributed by atoms with Crippen molar-refractivity contribution in [3.8, 4) is 0 Å². The van der Waals surface area contributed by atoms with Gasteiger partial charge < -0.3 is 4.74 Å². The van der Waals surface area contributed by atoms with Crippen LogP contribution in [0.1, 0.15) is 41.0 Å². The monoisotopic (exact) mass is 531 g/mol. The van der Waals surface area contributed by atoms with Crippen molar-refractivity contribution in [2.75, 3.05) is 11.5 Å². The van der Waals surface area contributed by atoms with Crippen LogP contribution in [0.5, 0.6) is 0 Å². The molecular formula is C28H19Cl2N3O4. The average molecular weight is 532 g/mol. The fourth-order valence-electron chi connectivity index (χ4n) is 6.99. The fourth-order valence-corrected chi connectivity index (χ4v) is 7.51. The van der Waals surface area contributed by atoms with E-state index in [4.69, 9.17) is 27.9 Å². The minimum absolute atomic E-state index is 0.0951. The maximum atomic E-state index is 14.8. The van der Waals surface area contributed by atoms with E-state index in [9.17, 15) is 14.4 Å². The Morgan fingerprint density at radius 2 is 1.46 bits per heavy atom. The van der Waals surface area contributed by atoms with E-state index in [0.29, 0.717) is 0 Å². The topological polar surface area (TPSA) is 88.1 Å². The number of carbonyl (C=O) groups excluding carboxylic acids is 3. The van der Waals surface area contributed by atoms with Crippen molar-refractivity contribution in [2.24, 2.45) is 10.5 Å². The van der Waals surface area contributed by atoms with E-state index in [0.717, 1.165) is 27.2 Å². The van der Waals surface area contributed by atoms with Crippen LogP contribution in [0.4, 0.5) is 5.69 Å². The van der Waals surface area contributed by atoms with Crippen molar-refractivity contribution >= 4 is 52.4 Å². The van der Waals surface area contributed by atoms with Gasteiger partial charge in [-0.1, -0.05) is 71.7 Å². The molecular weight excluding hydrogens is 513 g/mol. The number of carbonyl (C=O) groups is 3. The number of hydrazone groups is 1. The number of amides is 2. The molecule has 0 saturated carbocycles. The third kappa shape index (κ3) is 2.44. The third-order valence-corrected chi connectivity index (χ3v) is 8.53. The van der Waals surface area contributed by atoms with Crippen molar-refractivity contribution in [1.29, 1.82) is 0 Å². The van der Waals surface area contributed by atoms with Gasteiger partial charge >= 0.3 is 5.97 Å². The van der Waals surface area contributed by atoms with Gasteiger partial charge in [0, 0.05) is 21.9 Å². The van der Waals surface area contributed by atoms with Gasteiger partial charge in [0.2, 0.25) is 0 Å². The molecule has 2 heterocycles. The predicted octanol–water partition coefficient (Wildman–Crippen LogP) is 4.41. The Morgan fingerprint density at radius 3 is 2.00 bits per heavy atom. The van der Waals surface area contributed by atoms with E-state index in [1.165, 1.54) is 18.2 Å².